The summed E-state index contributed by atoms with van der Waals surface area (Å²) in [6.45, 7) is 2.18. The van der Waals surface area contributed by atoms with E-state index in [1.807, 2.05) is 0 Å². The summed E-state index contributed by atoms with van der Waals surface area (Å²) in [5, 5.41) is 0.587. The Hall–Kier alpha value is -0.580. The van der Waals surface area contributed by atoms with Crippen molar-refractivity contribution in [3.05, 3.63) is 16.4 Å². The smallest absolute Gasteiger partial charge is 0.319 e. The van der Waals surface area contributed by atoms with E-state index in [0.29, 0.717) is 22.8 Å². The maximum atomic E-state index is 5.74. The molecule has 0 radical (unpaired) electrons. The van der Waals surface area contributed by atoms with E-state index in [1.165, 1.54) is 6.07 Å². The van der Waals surface area contributed by atoms with Gasteiger partial charge in [-0.2, -0.15) is 9.97 Å². The van der Waals surface area contributed by atoms with Crippen LogP contribution in [0.5, 0.6) is 6.01 Å². The normalized spacial score (nSPS) is 17.4. The Morgan fingerprint density at radius 2 is 1.88 bits per heavy atom. The van der Waals surface area contributed by atoms with Gasteiger partial charge in [-0.3, -0.25) is 0 Å². The molecule has 0 unspecified atom stereocenters. The van der Waals surface area contributed by atoms with Crippen LogP contribution in [0.25, 0.3) is 0 Å². The SMILES string of the molecule is Clc1cc(Cl)nc(OCC2CCOCC2)n1. The molecular formula is C10H12Cl2N2O2. The third kappa shape index (κ3) is 3.47. The molecule has 1 aromatic heterocycles. The van der Waals surface area contributed by atoms with Crippen molar-refractivity contribution in [2.75, 3.05) is 19.8 Å². The van der Waals surface area contributed by atoms with E-state index >= 15 is 0 Å². The molecule has 0 N–H and O–H groups in total. The molecule has 0 atom stereocenters. The van der Waals surface area contributed by atoms with Crippen molar-refractivity contribution in [3.63, 3.8) is 0 Å². The van der Waals surface area contributed by atoms with Gasteiger partial charge in [-0.25, -0.2) is 0 Å². The van der Waals surface area contributed by atoms with Gasteiger partial charge in [0.15, 0.2) is 0 Å². The Kier molecular flexibility index (Phi) is 4.21. The molecule has 88 valence electrons. The van der Waals surface area contributed by atoms with Crippen molar-refractivity contribution < 1.29 is 9.47 Å². The second-order valence-corrected chi connectivity index (χ2v) is 4.44. The van der Waals surface area contributed by atoms with E-state index in [4.69, 9.17) is 32.7 Å². The van der Waals surface area contributed by atoms with Gasteiger partial charge in [0.05, 0.1) is 6.61 Å². The zero-order valence-corrected chi connectivity index (χ0v) is 10.2. The lowest BCUT2D eigenvalue weighted by Gasteiger charge is -2.21. The molecule has 0 amide bonds. The monoisotopic (exact) mass is 262 g/mol. The molecule has 0 bridgehead atoms. The Balaban J connectivity index is 1.88. The van der Waals surface area contributed by atoms with Gasteiger partial charge in [-0.1, -0.05) is 23.2 Å². The summed E-state index contributed by atoms with van der Waals surface area (Å²) in [6, 6.07) is 1.72. The van der Waals surface area contributed by atoms with Gasteiger partial charge in [0.25, 0.3) is 0 Å². The minimum absolute atomic E-state index is 0.240. The Morgan fingerprint density at radius 1 is 1.25 bits per heavy atom. The summed E-state index contributed by atoms with van der Waals surface area (Å²) in [5.41, 5.74) is 0. The molecule has 6 heteroatoms. The van der Waals surface area contributed by atoms with Gasteiger partial charge >= 0.3 is 6.01 Å². The van der Waals surface area contributed by atoms with Crippen LogP contribution in [-0.4, -0.2) is 29.8 Å². The Morgan fingerprint density at radius 3 is 2.50 bits per heavy atom. The standard InChI is InChI=1S/C10H12Cl2N2O2/c11-8-5-9(12)14-10(13-8)16-6-7-1-3-15-4-2-7/h5,7H,1-4,6H2. The number of nitrogens with zero attached hydrogens (tertiary/aromatic N) is 2. The molecule has 2 rings (SSSR count). The van der Waals surface area contributed by atoms with Crippen LogP contribution in [0, 0.1) is 5.92 Å². The lowest BCUT2D eigenvalue weighted by Crippen LogP contribution is -2.21. The summed E-state index contributed by atoms with van der Waals surface area (Å²) >= 11 is 11.5. The molecule has 0 saturated carbocycles. The highest BCUT2D eigenvalue weighted by atomic mass is 35.5. The Labute approximate surface area is 104 Å². The van der Waals surface area contributed by atoms with Crippen molar-refractivity contribution in [3.8, 4) is 6.01 Å². The summed E-state index contributed by atoms with van der Waals surface area (Å²) in [6.07, 6.45) is 2.02. The first kappa shape index (κ1) is 11.9. The van der Waals surface area contributed by atoms with Gasteiger partial charge in [0.1, 0.15) is 10.3 Å². The zero-order valence-electron chi connectivity index (χ0n) is 8.66. The van der Waals surface area contributed by atoms with Crippen LogP contribution in [0.1, 0.15) is 12.8 Å². The molecular weight excluding hydrogens is 251 g/mol. The molecule has 1 aliphatic heterocycles. The van der Waals surface area contributed by atoms with Crippen molar-refractivity contribution in [1.29, 1.82) is 0 Å². The predicted octanol–water partition coefficient (Wildman–Crippen LogP) is 2.59. The molecule has 0 spiro atoms. The first-order valence-electron chi connectivity index (χ1n) is 5.14. The fraction of sp³-hybridized carbons (Fsp3) is 0.600. The van der Waals surface area contributed by atoms with Gasteiger partial charge < -0.3 is 9.47 Å². The van der Waals surface area contributed by atoms with Gasteiger partial charge in [0.2, 0.25) is 0 Å². The van der Waals surface area contributed by atoms with Crippen LogP contribution in [0.15, 0.2) is 6.07 Å². The lowest BCUT2D eigenvalue weighted by atomic mass is 10.0. The fourth-order valence-electron chi connectivity index (χ4n) is 1.54. The average molecular weight is 263 g/mol. The van der Waals surface area contributed by atoms with Crippen LogP contribution < -0.4 is 4.74 Å². The second kappa shape index (κ2) is 5.66. The maximum absolute atomic E-state index is 5.74. The molecule has 0 aromatic carbocycles. The lowest BCUT2D eigenvalue weighted by molar-refractivity contribution is 0.0482. The summed E-state index contributed by atoms with van der Waals surface area (Å²) in [5.74, 6) is 0.495. The highest BCUT2D eigenvalue weighted by Crippen LogP contribution is 2.18. The van der Waals surface area contributed by atoms with Crippen LogP contribution in [0.3, 0.4) is 0 Å². The summed E-state index contributed by atoms with van der Waals surface area (Å²) in [7, 11) is 0. The van der Waals surface area contributed by atoms with E-state index in [0.717, 1.165) is 26.1 Å². The molecule has 0 aliphatic carbocycles. The number of hydrogen-bond donors (Lipinski definition) is 0. The van der Waals surface area contributed by atoms with E-state index in [-0.39, 0.29) is 6.01 Å². The van der Waals surface area contributed by atoms with E-state index in [2.05, 4.69) is 9.97 Å². The molecule has 4 nitrogen and oxygen atoms in total. The first-order chi connectivity index (χ1) is 7.74. The van der Waals surface area contributed by atoms with E-state index in [9.17, 15) is 0 Å². The van der Waals surface area contributed by atoms with Crippen LogP contribution in [0.2, 0.25) is 10.3 Å². The number of hydrogen-bond acceptors (Lipinski definition) is 4. The Bertz CT molecular complexity index is 336. The summed E-state index contributed by atoms with van der Waals surface area (Å²) < 4.78 is 10.7. The number of halogens is 2. The number of rotatable bonds is 3. The zero-order chi connectivity index (χ0) is 11.4. The highest BCUT2D eigenvalue weighted by molar-refractivity contribution is 6.33. The molecule has 1 aliphatic rings. The van der Waals surface area contributed by atoms with E-state index in [1.54, 1.807) is 0 Å². The van der Waals surface area contributed by atoms with Crippen LogP contribution in [0.4, 0.5) is 0 Å². The van der Waals surface area contributed by atoms with Crippen molar-refractivity contribution in [1.82, 2.24) is 9.97 Å². The van der Waals surface area contributed by atoms with Crippen molar-refractivity contribution in [2.45, 2.75) is 12.8 Å². The highest BCUT2D eigenvalue weighted by Gasteiger charge is 2.15. The van der Waals surface area contributed by atoms with Crippen molar-refractivity contribution in [2.24, 2.45) is 5.92 Å². The third-order valence-corrected chi connectivity index (χ3v) is 2.82. The number of ether oxygens (including phenoxy) is 2. The maximum Gasteiger partial charge on any atom is 0.319 e. The quantitative estimate of drug-likeness (QED) is 0.786. The molecule has 1 aromatic rings. The van der Waals surface area contributed by atoms with Gasteiger partial charge in [-0.15, -0.1) is 0 Å². The molecule has 2 heterocycles. The summed E-state index contributed by atoms with van der Waals surface area (Å²) in [4.78, 5) is 7.87. The molecule has 1 saturated heterocycles. The van der Waals surface area contributed by atoms with Crippen LogP contribution >= 0.6 is 23.2 Å². The number of aromatic nitrogens is 2. The van der Waals surface area contributed by atoms with E-state index < -0.39 is 0 Å². The van der Waals surface area contributed by atoms with Crippen LogP contribution in [-0.2, 0) is 4.74 Å². The topological polar surface area (TPSA) is 44.2 Å². The minimum atomic E-state index is 0.240. The van der Waals surface area contributed by atoms with Crippen molar-refractivity contribution >= 4 is 23.2 Å². The fourth-order valence-corrected chi connectivity index (χ4v) is 1.95. The minimum Gasteiger partial charge on any atom is -0.463 e. The largest absolute Gasteiger partial charge is 0.463 e. The van der Waals surface area contributed by atoms with Gasteiger partial charge in [-0.05, 0) is 18.8 Å². The predicted molar refractivity (Wildman–Crippen MR) is 61.1 cm³/mol. The second-order valence-electron chi connectivity index (χ2n) is 3.66. The first-order valence-corrected chi connectivity index (χ1v) is 5.90. The average Bonchev–Trinajstić information content (AvgIpc) is 2.27. The van der Waals surface area contributed by atoms with Gasteiger partial charge in [0, 0.05) is 19.3 Å². The molecule has 1 fully saturated rings. The third-order valence-electron chi connectivity index (χ3n) is 2.43. The molecule has 16 heavy (non-hydrogen) atoms.